The van der Waals surface area contributed by atoms with Gasteiger partial charge in [-0.3, -0.25) is 4.79 Å². The van der Waals surface area contributed by atoms with E-state index < -0.39 is 11.4 Å². The lowest BCUT2D eigenvalue weighted by Gasteiger charge is -2.40. The highest BCUT2D eigenvalue weighted by Crippen LogP contribution is 2.36. The number of H-pyrrole nitrogens is 2. The maximum atomic E-state index is 11.2. The predicted octanol–water partition coefficient (Wildman–Crippen LogP) is 0.599. The fourth-order valence-electron chi connectivity index (χ4n) is 2.37. The minimum Gasteiger partial charge on any atom is -0.481 e. The van der Waals surface area contributed by atoms with Gasteiger partial charge >= 0.3 is 11.7 Å². The number of ether oxygens (including phenoxy) is 1. The molecule has 0 atom stereocenters. The zero-order valence-corrected chi connectivity index (χ0v) is 9.53. The Labute approximate surface area is 102 Å². The van der Waals surface area contributed by atoms with Crippen LogP contribution in [-0.4, -0.2) is 34.3 Å². The molecule has 0 spiro atoms. The highest BCUT2D eigenvalue weighted by atomic mass is 16.5. The molecule has 3 rings (SSSR count). The van der Waals surface area contributed by atoms with Crippen LogP contribution < -0.4 is 5.69 Å². The van der Waals surface area contributed by atoms with E-state index in [1.54, 1.807) is 6.07 Å². The van der Waals surface area contributed by atoms with Crippen LogP contribution >= 0.6 is 0 Å². The van der Waals surface area contributed by atoms with Gasteiger partial charge < -0.3 is 19.8 Å². The Kier molecular flexibility index (Phi) is 2.27. The van der Waals surface area contributed by atoms with Crippen LogP contribution in [0.4, 0.5) is 0 Å². The molecule has 0 saturated carbocycles. The molecular formula is C12H12N2O4. The summed E-state index contributed by atoms with van der Waals surface area (Å²) >= 11 is 0. The minimum absolute atomic E-state index is 0.0349. The first-order valence-corrected chi connectivity index (χ1v) is 5.61. The van der Waals surface area contributed by atoms with Crippen LogP contribution in [-0.2, 0) is 14.9 Å². The second kappa shape index (κ2) is 3.71. The summed E-state index contributed by atoms with van der Waals surface area (Å²) in [6.45, 7) is 0.804. The van der Waals surface area contributed by atoms with Gasteiger partial charge in [0, 0.05) is 0 Å². The molecule has 2 heterocycles. The highest BCUT2D eigenvalue weighted by Gasteiger charge is 2.42. The molecule has 3 N–H and O–H groups in total. The molecule has 2 aromatic rings. The summed E-state index contributed by atoms with van der Waals surface area (Å²) < 4.78 is 5.17. The van der Waals surface area contributed by atoms with Crippen molar-refractivity contribution in [3.05, 3.63) is 34.2 Å². The maximum absolute atomic E-state index is 11.2. The van der Waals surface area contributed by atoms with E-state index >= 15 is 0 Å². The van der Waals surface area contributed by atoms with Gasteiger partial charge in [-0.2, -0.15) is 0 Å². The van der Waals surface area contributed by atoms with Crippen molar-refractivity contribution in [1.29, 1.82) is 0 Å². The molecule has 18 heavy (non-hydrogen) atoms. The highest BCUT2D eigenvalue weighted by molar-refractivity contribution is 5.76. The van der Waals surface area contributed by atoms with Gasteiger partial charge in [0.05, 0.1) is 36.1 Å². The fraction of sp³-hybridized carbons (Fsp3) is 0.333. The fourth-order valence-corrected chi connectivity index (χ4v) is 2.37. The third-order valence-corrected chi connectivity index (χ3v) is 3.37. The number of carbonyl (C=O) groups is 1. The minimum atomic E-state index is -0.846. The maximum Gasteiger partial charge on any atom is 0.323 e. The standard InChI is InChI=1S/C12H12N2O4/c15-10(16)4-12(5-18-6-12)7-1-2-8-9(3-7)14-11(17)13-8/h1-3H,4-6H2,(H,15,16)(H2,13,14,17). The monoisotopic (exact) mass is 248 g/mol. The Morgan fingerprint density at radius 1 is 1.33 bits per heavy atom. The molecule has 1 aromatic heterocycles. The lowest BCUT2D eigenvalue weighted by atomic mass is 9.76. The van der Waals surface area contributed by atoms with Crippen molar-refractivity contribution in [2.75, 3.05) is 13.2 Å². The quantitative estimate of drug-likeness (QED) is 0.741. The zero-order chi connectivity index (χ0) is 12.8. The number of hydrogen-bond acceptors (Lipinski definition) is 3. The average molecular weight is 248 g/mol. The van der Waals surface area contributed by atoms with E-state index in [1.165, 1.54) is 0 Å². The Balaban J connectivity index is 2.06. The Hall–Kier alpha value is -2.08. The van der Waals surface area contributed by atoms with Crippen LogP contribution in [0.5, 0.6) is 0 Å². The van der Waals surface area contributed by atoms with Crippen LogP contribution in [0, 0.1) is 0 Å². The summed E-state index contributed by atoms with van der Waals surface area (Å²) in [4.78, 5) is 27.4. The van der Waals surface area contributed by atoms with Gasteiger partial charge in [-0.15, -0.1) is 0 Å². The predicted molar refractivity (Wildman–Crippen MR) is 63.7 cm³/mol. The first kappa shape index (κ1) is 11.0. The normalized spacial score (nSPS) is 17.6. The van der Waals surface area contributed by atoms with E-state index in [0.29, 0.717) is 18.7 Å². The van der Waals surface area contributed by atoms with Crippen LogP contribution in [0.3, 0.4) is 0 Å². The molecule has 0 bridgehead atoms. The molecule has 1 saturated heterocycles. The van der Waals surface area contributed by atoms with Crippen molar-refractivity contribution in [2.24, 2.45) is 0 Å². The summed E-state index contributed by atoms with van der Waals surface area (Å²) in [7, 11) is 0. The van der Waals surface area contributed by atoms with Crippen molar-refractivity contribution in [3.8, 4) is 0 Å². The van der Waals surface area contributed by atoms with Crippen molar-refractivity contribution in [2.45, 2.75) is 11.8 Å². The largest absolute Gasteiger partial charge is 0.481 e. The zero-order valence-electron chi connectivity index (χ0n) is 9.53. The molecule has 1 aliphatic heterocycles. The molecule has 94 valence electrons. The number of fused-ring (bicyclic) bond motifs is 1. The number of nitrogens with one attached hydrogen (secondary N) is 2. The second-order valence-corrected chi connectivity index (χ2v) is 4.68. The Bertz CT molecular complexity index is 666. The third kappa shape index (κ3) is 1.62. The van der Waals surface area contributed by atoms with Crippen molar-refractivity contribution >= 4 is 17.0 Å². The molecule has 0 radical (unpaired) electrons. The first-order valence-electron chi connectivity index (χ1n) is 5.61. The lowest BCUT2D eigenvalue weighted by Crippen LogP contribution is -2.48. The Morgan fingerprint density at radius 2 is 2.06 bits per heavy atom. The topological polar surface area (TPSA) is 95.2 Å². The number of carboxylic acids is 1. The van der Waals surface area contributed by atoms with Gasteiger partial charge in [0.2, 0.25) is 0 Å². The molecular weight excluding hydrogens is 236 g/mol. The van der Waals surface area contributed by atoms with E-state index in [4.69, 9.17) is 9.84 Å². The van der Waals surface area contributed by atoms with Crippen LogP contribution in [0.2, 0.25) is 0 Å². The van der Waals surface area contributed by atoms with E-state index in [2.05, 4.69) is 9.97 Å². The van der Waals surface area contributed by atoms with Gasteiger partial charge in [0.15, 0.2) is 0 Å². The third-order valence-electron chi connectivity index (χ3n) is 3.37. The summed E-state index contributed by atoms with van der Waals surface area (Å²) in [5.41, 5.74) is 1.57. The summed E-state index contributed by atoms with van der Waals surface area (Å²) in [6, 6.07) is 5.45. The number of aliphatic carboxylic acids is 1. The number of benzene rings is 1. The average Bonchev–Trinajstić information content (AvgIpc) is 2.62. The molecule has 1 aromatic carbocycles. The van der Waals surface area contributed by atoms with E-state index in [1.807, 2.05) is 12.1 Å². The molecule has 1 aliphatic rings. The first-order chi connectivity index (χ1) is 8.59. The molecule has 0 unspecified atom stereocenters. The Morgan fingerprint density at radius 3 is 2.67 bits per heavy atom. The molecule has 6 nitrogen and oxygen atoms in total. The van der Waals surface area contributed by atoms with Gasteiger partial charge in [-0.25, -0.2) is 4.79 Å². The number of imidazole rings is 1. The van der Waals surface area contributed by atoms with Crippen LogP contribution in [0.15, 0.2) is 23.0 Å². The number of carboxylic acid groups (broad SMARTS) is 1. The lowest BCUT2D eigenvalue weighted by molar-refractivity contribution is -0.145. The van der Waals surface area contributed by atoms with Gasteiger partial charge in [0.25, 0.3) is 0 Å². The van der Waals surface area contributed by atoms with Crippen molar-refractivity contribution < 1.29 is 14.6 Å². The van der Waals surface area contributed by atoms with Gasteiger partial charge in [0.1, 0.15) is 0 Å². The van der Waals surface area contributed by atoms with E-state index in [9.17, 15) is 9.59 Å². The number of rotatable bonds is 3. The van der Waals surface area contributed by atoms with Crippen molar-refractivity contribution in [1.82, 2.24) is 9.97 Å². The van der Waals surface area contributed by atoms with Gasteiger partial charge in [-0.1, -0.05) is 6.07 Å². The summed E-state index contributed by atoms with van der Waals surface area (Å²) in [5, 5.41) is 8.97. The summed E-state index contributed by atoms with van der Waals surface area (Å²) in [6.07, 6.45) is 0.0349. The van der Waals surface area contributed by atoms with Crippen LogP contribution in [0.25, 0.3) is 11.0 Å². The second-order valence-electron chi connectivity index (χ2n) is 4.68. The van der Waals surface area contributed by atoms with Gasteiger partial charge in [-0.05, 0) is 17.7 Å². The molecule has 0 amide bonds. The number of aromatic nitrogens is 2. The summed E-state index contributed by atoms with van der Waals surface area (Å²) in [5.74, 6) is -0.846. The molecule has 1 fully saturated rings. The SMILES string of the molecule is O=C(O)CC1(c2ccc3[nH]c(=O)[nH]c3c2)COC1. The number of aromatic amines is 2. The van der Waals surface area contributed by atoms with E-state index in [-0.39, 0.29) is 12.1 Å². The van der Waals surface area contributed by atoms with Crippen molar-refractivity contribution in [3.63, 3.8) is 0 Å². The smallest absolute Gasteiger partial charge is 0.323 e. The van der Waals surface area contributed by atoms with E-state index in [0.717, 1.165) is 11.1 Å². The molecule has 6 heteroatoms. The van der Waals surface area contributed by atoms with Crippen LogP contribution in [0.1, 0.15) is 12.0 Å². The number of hydrogen-bond donors (Lipinski definition) is 3. The molecule has 0 aliphatic carbocycles.